The molecule has 0 aliphatic carbocycles. The molecule has 0 bridgehead atoms. The molecule has 0 unspecified atom stereocenters. The Kier molecular flexibility index (Phi) is 19.7. The molecule has 0 aliphatic rings. The van der Waals surface area contributed by atoms with E-state index in [1.54, 1.807) is 0 Å². The van der Waals surface area contributed by atoms with Crippen molar-refractivity contribution in [1.29, 1.82) is 0 Å². The van der Waals surface area contributed by atoms with Crippen molar-refractivity contribution in [1.82, 2.24) is 0 Å². The molecule has 0 fully saturated rings. The molecule has 0 aromatic carbocycles. The van der Waals surface area contributed by atoms with Gasteiger partial charge in [-0.3, -0.25) is 9.11 Å². The zero-order valence-corrected chi connectivity index (χ0v) is 5.65. The van der Waals surface area contributed by atoms with Crippen LogP contribution in [0.25, 0.3) is 0 Å². The number of carboxylic acid groups (broad SMARTS) is 2. The molecule has 13 heavy (non-hydrogen) atoms. The van der Waals surface area contributed by atoms with Crippen LogP contribution in [-0.4, -0.2) is 98.8 Å². The second kappa shape index (κ2) is 10.9. The minimum absolute atomic E-state index is 0. The number of carbonyl (C=O) groups is 2. The van der Waals surface area contributed by atoms with Crippen molar-refractivity contribution in [2.75, 3.05) is 0 Å². The second-order valence-corrected chi connectivity index (χ2v) is 1.95. The van der Waals surface area contributed by atoms with Crippen molar-refractivity contribution in [2.24, 2.45) is 0 Å². The number of carboxylic acids is 2. The normalized spacial score (nSPS) is 7.85. The van der Waals surface area contributed by atoms with Crippen LogP contribution in [0.2, 0.25) is 0 Å². The summed E-state index contributed by atoms with van der Waals surface area (Å²) in [4.78, 5) is 18.2. The van der Waals surface area contributed by atoms with Crippen LogP contribution in [0.15, 0.2) is 0 Å². The van der Waals surface area contributed by atoms with Gasteiger partial charge in [0.05, 0.1) is 0 Å². The van der Waals surface area contributed by atoms with Crippen molar-refractivity contribution in [3.8, 4) is 0 Å². The van der Waals surface area contributed by atoms with Gasteiger partial charge in [-0.25, -0.2) is 9.59 Å². The molecule has 0 heterocycles. The Morgan fingerprint density at radius 1 is 0.846 bits per heavy atom. The minimum atomic E-state index is -4.67. The molecule has 8 nitrogen and oxygen atoms in total. The van der Waals surface area contributed by atoms with Crippen LogP contribution in [0, 0.1) is 0 Å². The fourth-order valence-electron chi connectivity index (χ4n) is 0. The Labute approximate surface area is 117 Å². The molecule has 0 spiro atoms. The van der Waals surface area contributed by atoms with Gasteiger partial charge in [0.15, 0.2) is 0 Å². The maximum absolute atomic E-state index is 9.10. The van der Waals surface area contributed by atoms with Crippen LogP contribution in [0.4, 0.5) is 0 Å². The molecule has 0 aliphatic heterocycles. The molecule has 0 saturated carbocycles. The number of hydrogen-bond acceptors (Lipinski definition) is 4. The third kappa shape index (κ3) is 64.7. The first-order valence-electron chi connectivity index (χ1n) is 1.80. The number of rotatable bonds is 0. The summed E-state index contributed by atoms with van der Waals surface area (Å²) in [5, 5.41) is 14.8. The van der Waals surface area contributed by atoms with Gasteiger partial charge < -0.3 is 10.2 Å². The van der Waals surface area contributed by atoms with E-state index in [9.17, 15) is 0 Å². The van der Waals surface area contributed by atoms with E-state index in [2.05, 4.69) is 0 Å². The third-order valence-electron chi connectivity index (χ3n) is 0.183. The predicted octanol–water partition coefficient (Wildman–Crippen LogP) is -2.79. The SMILES string of the molecule is O=C(O)C(=O)O.O=S(=O)(O)O.[NaH].[NaH]. The van der Waals surface area contributed by atoms with E-state index in [-0.39, 0.29) is 59.1 Å². The second-order valence-electron chi connectivity index (χ2n) is 1.06. The Morgan fingerprint density at radius 3 is 0.923 bits per heavy atom. The van der Waals surface area contributed by atoms with Gasteiger partial charge in [0.25, 0.3) is 0 Å². The molecular weight excluding hydrogens is 230 g/mol. The van der Waals surface area contributed by atoms with Gasteiger partial charge >= 0.3 is 81.5 Å². The van der Waals surface area contributed by atoms with E-state index in [1.165, 1.54) is 0 Å². The summed E-state index contributed by atoms with van der Waals surface area (Å²) in [5.41, 5.74) is 0. The summed E-state index contributed by atoms with van der Waals surface area (Å²) in [6, 6.07) is 0. The summed E-state index contributed by atoms with van der Waals surface area (Å²) in [6.45, 7) is 0. The van der Waals surface area contributed by atoms with Crippen molar-refractivity contribution in [2.45, 2.75) is 0 Å². The van der Waals surface area contributed by atoms with Gasteiger partial charge in [-0.15, -0.1) is 0 Å². The van der Waals surface area contributed by atoms with Gasteiger partial charge in [0.1, 0.15) is 0 Å². The van der Waals surface area contributed by atoms with E-state index in [0.717, 1.165) is 0 Å². The fourth-order valence-corrected chi connectivity index (χ4v) is 0. The van der Waals surface area contributed by atoms with E-state index in [1.807, 2.05) is 0 Å². The monoisotopic (exact) mass is 236 g/mol. The Hall–Kier alpha value is 0.810. The third-order valence-corrected chi connectivity index (χ3v) is 0.183. The van der Waals surface area contributed by atoms with Crippen LogP contribution >= 0.6 is 0 Å². The number of aliphatic carboxylic acids is 2. The van der Waals surface area contributed by atoms with Crippen molar-refractivity contribution >= 4 is 81.5 Å². The van der Waals surface area contributed by atoms with Gasteiger partial charge in [-0.2, -0.15) is 8.42 Å². The first kappa shape index (κ1) is 23.5. The van der Waals surface area contributed by atoms with Crippen molar-refractivity contribution in [3.63, 3.8) is 0 Å². The summed E-state index contributed by atoms with van der Waals surface area (Å²) < 4.78 is 31.6. The van der Waals surface area contributed by atoms with E-state index < -0.39 is 22.3 Å². The van der Waals surface area contributed by atoms with Crippen LogP contribution in [-0.2, 0) is 20.0 Å². The number of hydrogen-bond donors (Lipinski definition) is 4. The quantitative estimate of drug-likeness (QED) is 0.200. The first-order chi connectivity index (χ1) is 4.64. The molecule has 0 aromatic heterocycles. The predicted molar refractivity (Wildman–Crippen MR) is 43.7 cm³/mol. The van der Waals surface area contributed by atoms with Crippen molar-refractivity contribution in [3.05, 3.63) is 0 Å². The van der Waals surface area contributed by atoms with Gasteiger partial charge in [0.2, 0.25) is 0 Å². The fraction of sp³-hybridized carbons (Fsp3) is 0. The summed E-state index contributed by atoms with van der Waals surface area (Å²) in [7, 11) is -4.67. The standard InChI is InChI=1S/C2H2O4.2Na.H2O4S.2H/c3-1(4)2(5)6;;;1-5(2,3)4;;/h(H,3,4)(H,5,6);;;(H2,1,2,3,4);;. The first-order valence-corrected chi connectivity index (χ1v) is 3.20. The average molecular weight is 236 g/mol. The Morgan fingerprint density at radius 2 is 0.923 bits per heavy atom. The van der Waals surface area contributed by atoms with E-state index in [0.29, 0.717) is 0 Å². The molecule has 0 saturated heterocycles. The van der Waals surface area contributed by atoms with Gasteiger partial charge in [0, 0.05) is 0 Å². The summed E-state index contributed by atoms with van der Waals surface area (Å²) in [5.74, 6) is -3.65. The zero-order valence-electron chi connectivity index (χ0n) is 4.83. The van der Waals surface area contributed by atoms with Gasteiger partial charge in [-0.1, -0.05) is 0 Å². The van der Waals surface area contributed by atoms with E-state index >= 15 is 0 Å². The van der Waals surface area contributed by atoms with Gasteiger partial charge in [-0.05, 0) is 0 Å². The van der Waals surface area contributed by atoms with Crippen LogP contribution < -0.4 is 0 Å². The molecular formula is C2H6Na2O8S. The van der Waals surface area contributed by atoms with Crippen molar-refractivity contribution < 1.29 is 37.3 Å². The maximum atomic E-state index is 9.10. The van der Waals surface area contributed by atoms with E-state index in [4.69, 9.17) is 37.3 Å². The molecule has 0 amide bonds. The average Bonchev–Trinajstić information content (AvgIpc) is 1.59. The summed E-state index contributed by atoms with van der Waals surface area (Å²) >= 11 is 0. The molecule has 70 valence electrons. The molecule has 0 radical (unpaired) electrons. The molecule has 0 aromatic rings. The Bertz CT molecular complexity index is 223. The molecule has 11 heteroatoms. The topological polar surface area (TPSA) is 149 Å². The summed E-state index contributed by atoms with van der Waals surface area (Å²) in [6.07, 6.45) is 0. The molecule has 0 atom stereocenters. The Balaban J connectivity index is -0.0000000546. The van der Waals surface area contributed by atoms with Crippen LogP contribution in [0.5, 0.6) is 0 Å². The molecule has 4 N–H and O–H groups in total. The van der Waals surface area contributed by atoms with Crippen LogP contribution in [0.1, 0.15) is 0 Å². The molecule has 0 rings (SSSR count). The van der Waals surface area contributed by atoms with Crippen LogP contribution in [0.3, 0.4) is 0 Å². The zero-order chi connectivity index (χ0) is 9.65.